The van der Waals surface area contributed by atoms with Gasteiger partial charge in [-0.25, -0.2) is 4.98 Å². The summed E-state index contributed by atoms with van der Waals surface area (Å²) in [6, 6.07) is 26.0. The average Bonchev–Trinajstić information content (AvgIpc) is 3.33. The van der Waals surface area contributed by atoms with Crippen LogP contribution in [0.25, 0.3) is 10.2 Å². The SMILES string of the molecule is CCOc1cccc2sc(N(CCN(CC)CC)C(=O)C(c3ccccc3)c3ccccc3)nc12. The Bertz CT molecular complexity index is 1180. The first-order valence-corrected chi connectivity index (χ1v) is 13.1. The molecule has 3 aromatic carbocycles. The van der Waals surface area contributed by atoms with Gasteiger partial charge in [0.15, 0.2) is 5.13 Å². The number of benzene rings is 3. The molecular weight excluding hydrogens is 454 g/mol. The number of amides is 1. The Kier molecular flexibility index (Phi) is 8.50. The molecule has 4 rings (SSSR count). The molecule has 0 atom stereocenters. The van der Waals surface area contributed by atoms with Gasteiger partial charge in [-0.2, -0.15) is 0 Å². The summed E-state index contributed by atoms with van der Waals surface area (Å²) in [7, 11) is 0. The number of para-hydroxylation sites is 1. The number of likely N-dealkylation sites (N-methyl/N-ethyl adjacent to an activating group) is 1. The third-order valence-electron chi connectivity index (χ3n) is 6.21. The highest BCUT2D eigenvalue weighted by Gasteiger charge is 2.30. The van der Waals surface area contributed by atoms with Gasteiger partial charge >= 0.3 is 0 Å². The van der Waals surface area contributed by atoms with Crippen molar-refractivity contribution in [2.24, 2.45) is 0 Å². The van der Waals surface area contributed by atoms with E-state index in [0.717, 1.165) is 46.7 Å². The zero-order valence-electron chi connectivity index (χ0n) is 20.7. The van der Waals surface area contributed by atoms with E-state index < -0.39 is 5.92 Å². The fourth-order valence-electron chi connectivity index (χ4n) is 4.30. The molecule has 1 aromatic heterocycles. The first-order valence-electron chi connectivity index (χ1n) is 12.3. The molecule has 0 N–H and O–H groups in total. The van der Waals surface area contributed by atoms with Crippen LogP contribution < -0.4 is 9.64 Å². The standard InChI is InChI=1S/C29H33N3O2S/c1-4-31(5-2)20-21-32(29-30-27-24(34-6-3)18-13-19-25(27)35-29)28(33)26(22-14-9-7-10-15-22)23-16-11-8-12-17-23/h7-19,26H,4-6,20-21H2,1-3H3. The number of ether oxygens (including phenoxy) is 1. The van der Waals surface area contributed by atoms with Crippen molar-refractivity contribution >= 4 is 32.6 Å². The average molecular weight is 488 g/mol. The van der Waals surface area contributed by atoms with E-state index in [2.05, 4.69) is 18.7 Å². The summed E-state index contributed by atoms with van der Waals surface area (Å²) in [5, 5.41) is 0.709. The van der Waals surface area contributed by atoms with E-state index in [-0.39, 0.29) is 5.91 Å². The minimum atomic E-state index is -0.410. The summed E-state index contributed by atoms with van der Waals surface area (Å²) in [5.74, 6) is 0.380. The number of rotatable bonds is 11. The van der Waals surface area contributed by atoms with E-state index in [1.807, 2.05) is 90.7 Å². The van der Waals surface area contributed by atoms with Crippen LogP contribution in [0.5, 0.6) is 5.75 Å². The van der Waals surface area contributed by atoms with Crippen LogP contribution in [-0.4, -0.2) is 48.6 Å². The van der Waals surface area contributed by atoms with Crippen LogP contribution in [0.3, 0.4) is 0 Å². The number of anilines is 1. The summed E-state index contributed by atoms with van der Waals surface area (Å²) in [6.45, 7) is 10.1. The molecule has 4 aromatic rings. The van der Waals surface area contributed by atoms with Crippen LogP contribution in [0, 0.1) is 0 Å². The molecular formula is C29H33N3O2S. The molecule has 5 nitrogen and oxygen atoms in total. The van der Waals surface area contributed by atoms with Gasteiger partial charge in [0.05, 0.1) is 17.2 Å². The van der Waals surface area contributed by atoms with Crippen molar-refractivity contribution in [2.75, 3.05) is 37.7 Å². The fraction of sp³-hybridized carbons (Fsp3) is 0.310. The highest BCUT2D eigenvalue weighted by atomic mass is 32.1. The summed E-state index contributed by atoms with van der Waals surface area (Å²) in [5.41, 5.74) is 2.77. The number of thiazole rings is 1. The van der Waals surface area contributed by atoms with Crippen molar-refractivity contribution < 1.29 is 9.53 Å². The third-order valence-corrected chi connectivity index (χ3v) is 7.26. The second kappa shape index (κ2) is 12.0. The zero-order valence-corrected chi connectivity index (χ0v) is 21.5. The first kappa shape index (κ1) is 24.9. The number of hydrogen-bond acceptors (Lipinski definition) is 5. The summed E-state index contributed by atoms with van der Waals surface area (Å²) >= 11 is 1.54. The second-order valence-corrected chi connectivity index (χ2v) is 9.31. The van der Waals surface area contributed by atoms with Gasteiger partial charge in [0.1, 0.15) is 11.3 Å². The van der Waals surface area contributed by atoms with Crippen LogP contribution in [0.15, 0.2) is 78.9 Å². The van der Waals surface area contributed by atoms with Crippen molar-refractivity contribution in [3.63, 3.8) is 0 Å². The predicted octanol–water partition coefficient (Wildman–Crippen LogP) is 6.20. The molecule has 182 valence electrons. The molecule has 6 heteroatoms. The molecule has 0 aliphatic heterocycles. The molecule has 0 unspecified atom stereocenters. The second-order valence-electron chi connectivity index (χ2n) is 8.30. The largest absolute Gasteiger partial charge is 0.492 e. The monoisotopic (exact) mass is 487 g/mol. The molecule has 0 fully saturated rings. The lowest BCUT2D eigenvalue weighted by Gasteiger charge is -2.28. The highest BCUT2D eigenvalue weighted by molar-refractivity contribution is 7.22. The van der Waals surface area contributed by atoms with Gasteiger partial charge < -0.3 is 9.64 Å². The Morgan fingerprint density at radius 2 is 1.49 bits per heavy atom. The maximum atomic E-state index is 14.4. The number of carbonyl (C=O) groups excluding carboxylic acids is 1. The molecule has 1 amide bonds. The van der Waals surface area contributed by atoms with Crippen LogP contribution in [0.1, 0.15) is 37.8 Å². The van der Waals surface area contributed by atoms with Crippen molar-refractivity contribution in [3.8, 4) is 5.75 Å². The van der Waals surface area contributed by atoms with Crippen LogP contribution in [0.4, 0.5) is 5.13 Å². The van der Waals surface area contributed by atoms with E-state index in [9.17, 15) is 4.79 Å². The number of nitrogens with zero attached hydrogens (tertiary/aromatic N) is 3. The molecule has 0 saturated heterocycles. The van der Waals surface area contributed by atoms with Gasteiger partial charge in [-0.05, 0) is 43.3 Å². The van der Waals surface area contributed by atoms with Gasteiger partial charge in [0.25, 0.3) is 0 Å². The topological polar surface area (TPSA) is 45.7 Å². The molecule has 0 saturated carbocycles. The Balaban J connectivity index is 1.78. The lowest BCUT2D eigenvalue weighted by Crippen LogP contribution is -2.41. The number of aromatic nitrogens is 1. The minimum absolute atomic E-state index is 0.0339. The zero-order chi connectivity index (χ0) is 24.6. The van der Waals surface area contributed by atoms with Crippen LogP contribution in [-0.2, 0) is 4.79 Å². The quantitative estimate of drug-likeness (QED) is 0.253. The van der Waals surface area contributed by atoms with E-state index in [1.165, 1.54) is 0 Å². The summed E-state index contributed by atoms with van der Waals surface area (Å²) < 4.78 is 6.84. The van der Waals surface area contributed by atoms with Crippen LogP contribution >= 0.6 is 11.3 Å². The maximum absolute atomic E-state index is 14.4. The Hall–Kier alpha value is -3.22. The lowest BCUT2D eigenvalue weighted by atomic mass is 9.90. The summed E-state index contributed by atoms with van der Waals surface area (Å²) in [4.78, 5) is 23.5. The van der Waals surface area contributed by atoms with Crippen molar-refractivity contribution in [3.05, 3.63) is 90.0 Å². The van der Waals surface area contributed by atoms with E-state index in [0.29, 0.717) is 18.3 Å². The Labute approximate surface area is 212 Å². The molecule has 0 aliphatic carbocycles. The van der Waals surface area contributed by atoms with Crippen molar-refractivity contribution in [1.82, 2.24) is 9.88 Å². The van der Waals surface area contributed by atoms with Crippen molar-refractivity contribution in [2.45, 2.75) is 26.7 Å². The van der Waals surface area contributed by atoms with Crippen molar-refractivity contribution in [1.29, 1.82) is 0 Å². The van der Waals surface area contributed by atoms with Gasteiger partial charge in [-0.3, -0.25) is 9.69 Å². The minimum Gasteiger partial charge on any atom is -0.492 e. The van der Waals surface area contributed by atoms with Gasteiger partial charge in [-0.15, -0.1) is 0 Å². The lowest BCUT2D eigenvalue weighted by molar-refractivity contribution is -0.119. The van der Waals surface area contributed by atoms with Gasteiger partial charge in [-0.1, -0.05) is 91.9 Å². The van der Waals surface area contributed by atoms with Gasteiger partial charge in [0.2, 0.25) is 5.91 Å². The van der Waals surface area contributed by atoms with Crippen LogP contribution in [0.2, 0.25) is 0 Å². The van der Waals surface area contributed by atoms with E-state index in [1.54, 1.807) is 11.3 Å². The predicted molar refractivity (Wildman–Crippen MR) is 146 cm³/mol. The summed E-state index contributed by atoms with van der Waals surface area (Å²) in [6.07, 6.45) is 0. The number of carbonyl (C=O) groups is 1. The molecule has 0 aliphatic rings. The van der Waals surface area contributed by atoms with E-state index >= 15 is 0 Å². The first-order chi connectivity index (χ1) is 17.2. The molecule has 1 heterocycles. The van der Waals surface area contributed by atoms with Gasteiger partial charge in [0, 0.05) is 13.1 Å². The molecule has 0 radical (unpaired) electrons. The molecule has 0 bridgehead atoms. The number of fused-ring (bicyclic) bond motifs is 1. The third kappa shape index (κ3) is 5.72. The molecule has 35 heavy (non-hydrogen) atoms. The Morgan fingerprint density at radius 1 is 0.857 bits per heavy atom. The van der Waals surface area contributed by atoms with E-state index in [4.69, 9.17) is 9.72 Å². The number of hydrogen-bond donors (Lipinski definition) is 0. The molecule has 0 spiro atoms. The normalized spacial score (nSPS) is 11.3. The Morgan fingerprint density at radius 3 is 2.06 bits per heavy atom. The maximum Gasteiger partial charge on any atom is 0.240 e. The smallest absolute Gasteiger partial charge is 0.240 e. The highest BCUT2D eigenvalue weighted by Crippen LogP contribution is 2.36. The fourth-order valence-corrected chi connectivity index (χ4v) is 5.32.